The van der Waals surface area contributed by atoms with Crippen molar-refractivity contribution >= 4 is 34.1 Å². The Labute approximate surface area is 138 Å². The lowest BCUT2D eigenvalue weighted by Gasteiger charge is -2.16. The minimum atomic E-state index is -0.0275. The number of benzene rings is 2. The molecule has 0 aliphatic carbocycles. The first-order chi connectivity index (χ1) is 11.2. The summed E-state index contributed by atoms with van der Waals surface area (Å²) in [6.07, 6.45) is 1.67. The Balaban J connectivity index is 1.76. The largest absolute Gasteiger partial charge is 0.497 e. The molecule has 23 heavy (non-hydrogen) atoms. The minimum Gasteiger partial charge on any atom is -0.497 e. The molecule has 1 aliphatic heterocycles. The number of pyridine rings is 1. The van der Waals surface area contributed by atoms with E-state index in [4.69, 9.17) is 16.3 Å². The van der Waals surface area contributed by atoms with Crippen molar-refractivity contribution < 1.29 is 9.53 Å². The van der Waals surface area contributed by atoms with Crippen LogP contribution in [0.25, 0.3) is 10.9 Å². The molecule has 1 aliphatic rings. The number of halogens is 1. The third-order valence-corrected chi connectivity index (χ3v) is 4.44. The Morgan fingerprint density at radius 2 is 2.04 bits per heavy atom. The van der Waals surface area contributed by atoms with Gasteiger partial charge >= 0.3 is 0 Å². The average molecular weight is 325 g/mol. The number of carbonyl (C=O) groups is 1. The normalized spacial score (nSPS) is 13.5. The molecular formula is C18H13ClN2O2. The third kappa shape index (κ3) is 2.23. The molecule has 114 valence electrons. The molecule has 0 radical (unpaired) electrons. The number of anilines is 1. The van der Waals surface area contributed by atoms with Gasteiger partial charge in [0.1, 0.15) is 5.75 Å². The van der Waals surface area contributed by atoms with E-state index >= 15 is 0 Å². The topological polar surface area (TPSA) is 42.4 Å². The van der Waals surface area contributed by atoms with Crippen molar-refractivity contribution in [1.29, 1.82) is 0 Å². The van der Waals surface area contributed by atoms with Crippen molar-refractivity contribution in [3.63, 3.8) is 0 Å². The fourth-order valence-corrected chi connectivity index (χ4v) is 3.10. The van der Waals surface area contributed by atoms with Crippen LogP contribution < -0.4 is 9.64 Å². The molecule has 5 heteroatoms. The maximum atomic E-state index is 12.7. The second kappa shape index (κ2) is 5.25. The summed E-state index contributed by atoms with van der Waals surface area (Å²) in [5, 5.41) is 1.53. The van der Waals surface area contributed by atoms with Crippen molar-refractivity contribution in [1.82, 2.24) is 4.98 Å². The van der Waals surface area contributed by atoms with E-state index in [1.54, 1.807) is 30.3 Å². The summed E-state index contributed by atoms with van der Waals surface area (Å²) in [4.78, 5) is 18.8. The molecule has 1 aromatic heterocycles. The van der Waals surface area contributed by atoms with Gasteiger partial charge in [0.15, 0.2) is 0 Å². The van der Waals surface area contributed by atoms with E-state index in [0.717, 1.165) is 22.2 Å². The van der Waals surface area contributed by atoms with E-state index in [9.17, 15) is 4.79 Å². The summed E-state index contributed by atoms with van der Waals surface area (Å²) >= 11 is 6.17. The highest BCUT2D eigenvalue weighted by atomic mass is 35.5. The highest BCUT2D eigenvalue weighted by Gasteiger charge is 2.29. The van der Waals surface area contributed by atoms with Gasteiger partial charge in [-0.15, -0.1) is 0 Å². The van der Waals surface area contributed by atoms with Gasteiger partial charge in [-0.3, -0.25) is 9.78 Å². The zero-order valence-electron chi connectivity index (χ0n) is 12.4. The fourth-order valence-electron chi connectivity index (χ4n) is 2.89. The molecule has 0 bridgehead atoms. The van der Waals surface area contributed by atoms with Gasteiger partial charge in [-0.05, 0) is 42.0 Å². The van der Waals surface area contributed by atoms with Crippen molar-refractivity contribution in [3.8, 4) is 5.75 Å². The van der Waals surface area contributed by atoms with Gasteiger partial charge in [0.2, 0.25) is 0 Å². The second-order valence-corrected chi connectivity index (χ2v) is 5.82. The van der Waals surface area contributed by atoms with Gasteiger partial charge in [0.05, 0.1) is 24.2 Å². The Hall–Kier alpha value is -2.59. The molecule has 0 saturated heterocycles. The average Bonchev–Trinajstić information content (AvgIpc) is 2.91. The van der Waals surface area contributed by atoms with Crippen LogP contribution in [0.15, 0.2) is 48.7 Å². The highest BCUT2D eigenvalue weighted by molar-refractivity contribution is 6.35. The van der Waals surface area contributed by atoms with Crippen LogP contribution in [-0.4, -0.2) is 18.0 Å². The number of ether oxygens (including phenoxy) is 1. The molecule has 0 spiro atoms. The first-order valence-electron chi connectivity index (χ1n) is 7.20. The van der Waals surface area contributed by atoms with Crippen LogP contribution in [0.3, 0.4) is 0 Å². The Bertz CT molecular complexity index is 939. The summed E-state index contributed by atoms with van der Waals surface area (Å²) in [5.74, 6) is 0.659. The Kier molecular flexibility index (Phi) is 3.20. The van der Waals surface area contributed by atoms with Crippen LogP contribution in [-0.2, 0) is 6.54 Å². The lowest BCUT2D eigenvalue weighted by atomic mass is 10.1. The van der Waals surface area contributed by atoms with Crippen molar-refractivity contribution in [2.24, 2.45) is 0 Å². The number of amides is 1. The first kappa shape index (κ1) is 14.0. The predicted molar refractivity (Wildman–Crippen MR) is 90.3 cm³/mol. The number of hydrogen-bond acceptors (Lipinski definition) is 3. The summed E-state index contributed by atoms with van der Waals surface area (Å²) in [5.41, 5.74) is 3.27. The van der Waals surface area contributed by atoms with Crippen LogP contribution in [0, 0.1) is 0 Å². The Morgan fingerprint density at radius 1 is 1.17 bits per heavy atom. The quantitative estimate of drug-likeness (QED) is 0.714. The summed E-state index contributed by atoms with van der Waals surface area (Å²) in [6, 6.07) is 13.0. The van der Waals surface area contributed by atoms with Crippen LogP contribution in [0.1, 0.15) is 15.9 Å². The maximum Gasteiger partial charge on any atom is 0.259 e. The molecule has 2 heterocycles. The van der Waals surface area contributed by atoms with Crippen LogP contribution in [0.4, 0.5) is 5.69 Å². The van der Waals surface area contributed by atoms with E-state index in [2.05, 4.69) is 4.98 Å². The monoisotopic (exact) mass is 324 g/mol. The molecule has 4 rings (SSSR count). The van der Waals surface area contributed by atoms with E-state index in [1.807, 2.05) is 30.3 Å². The van der Waals surface area contributed by atoms with Gasteiger partial charge in [-0.2, -0.15) is 0 Å². The first-order valence-corrected chi connectivity index (χ1v) is 7.58. The molecule has 0 atom stereocenters. The van der Waals surface area contributed by atoms with Crippen LogP contribution in [0.5, 0.6) is 5.75 Å². The lowest BCUT2D eigenvalue weighted by Crippen LogP contribution is -2.22. The van der Waals surface area contributed by atoms with E-state index in [-0.39, 0.29) is 5.91 Å². The predicted octanol–water partition coefficient (Wildman–Crippen LogP) is 4.06. The number of fused-ring (bicyclic) bond motifs is 2. The number of nitrogens with zero attached hydrogens (tertiary/aromatic N) is 2. The highest BCUT2D eigenvalue weighted by Crippen LogP contribution is 2.33. The molecule has 3 aromatic rings. The zero-order valence-corrected chi connectivity index (χ0v) is 13.2. The molecule has 0 unspecified atom stereocenters. The SMILES string of the molecule is COc1ccc2c(c1)C(=O)N(c1ccc3c(Cl)ccnc3c1)C2. The molecule has 4 nitrogen and oxygen atoms in total. The number of rotatable bonds is 2. The van der Waals surface area contributed by atoms with Gasteiger partial charge in [-0.1, -0.05) is 17.7 Å². The number of methoxy groups -OCH3 is 1. The molecule has 0 saturated carbocycles. The van der Waals surface area contributed by atoms with E-state index < -0.39 is 0 Å². The maximum absolute atomic E-state index is 12.7. The molecular weight excluding hydrogens is 312 g/mol. The summed E-state index contributed by atoms with van der Waals surface area (Å²) < 4.78 is 5.20. The van der Waals surface area contributed by atoms with Gasteiger partial charge in [0.25, 0.3) is 5.91 Å². The number of carbonyl (C=O) groups excluding carboxylic acids is 1. The zero-order chi connectivity index (χ0) is 16.0. The minimum absolute atomic E-state index is 0.0275. The second-order valence-electron chi connectivity index (χ2n) is 5.41. The molecule has 2 aromatic carbocycles. The van der Waals surface area contributed by atoms with E-state index in [0.29, 0.717) is 22.9 Å². The number of hydrogen-bond donors (Lipinski definition) is 0. The van der Waals surface area contributed by atoms with Gasteiger partial charge in [-0.25, -0.2) is 0 Å². The van der Waals surface area contributed by atoms with E-state index in [1.165, 1.54) is 0 Å². The van der Waals surface area contributed by atoms with Crippen molar-refractivity contribution in [2.75, 3.05) is 12.0 Å². The Morgan fingerprint density at radius 3 is 2.87 bits per heavy atom. The van der Waals surface area contributed by atoms with Crippen molar-refractivity contribution in [2.45, 2.75) is 6.54 Å². The smallest absolute Gasteiger partial charge is 0.259 e. The van der Waals surface area contributed by atoms with Gasteiger partial charge < -0.3 is 9.64 Å². The van der Waals surface area contributed by atoms with Crippen LogP contribution in [0.2, 0.25) is 5.02 Å². The van der Waals surface area contributed by atoms with Crippen molar-refractivity contribution in [3.05, 3.63) is 64.8 Å². The fraction of sp³-hybridized carbons (Fsp3) is 0.111. The molecule has 1 amide bonds. The number of aromatic nitrogens is 1. The summed E-state index contributed by atoms with van der Waals surface area (Å²) in [7, 11) is 1.59. The van der Waals surface area contributed by atoms with Gasteiger partial charge in [0, 0.05) is 22.8 Å². The standard InChI is InChI=1S/C18H13ClN2O2/c1-23-13-4-2-11-10-21(18(22)15(11)9-13)12-3-5-14-16(19)6-7-20-17(14)8-12/h2-9H,10H2,1H3. The summed E-state index contributed by atoms with van der Waals surface area (Å²) in [6.45, 7) is 0.546. The van der Waals surface area contributed by atoms with Crippen LogP contribution >= 0.6 is 11.6 Å². The lowest BCUT2D eigenvalue weighted by molar-refractivity contribution is 0.0996. The third-order valence-electron chi connectivity index (χ3n) is 4.11. The molecule has 0 fully saturated rings. The molecule has 0 N–H and O–H groups in total.